The number of hydrogen-bond donors (Lipinski definition) is 1. The van der Waals surface area contributed by atoms with Crippen LogP contribution in [0, 0.1) is 19.7 Å². The maximum atomic E-state index is 14.5. The lowest BCUT2D eigenvalue weighted by atomic mass is 9.99. The van der Waals surface area contributed by atoms with Crippen molar-refractivity contribution in [1.82, 2.24) is 20.2 Å². The van der Waals surface area contributed by atoms with Crippen molar-refractivity contribution in [3.63, 3.8) is 0 Å². The first-order chi connectivity index (χ1) is 12.4. The smallest absolute Gasteiger partial charge is 0.295 e. The van der Waals surface area contributed by atoms with E-state index < -0.39 is 5.82 Å². The number of pyridine rings is 1. The summed E-state index contributed by atoms with van der Waals surface area (Å²) < 4.78 is 19.5. The lowest BCUT2D eigenvalue weighted by Gasteiger charge is -2.14. The van der Waals surface area contributed by atoms with E-state index in [-0.39, 0.29) is 11.6 Å². The van der Waals surface area contributed by atoms with Gasteiger partial charge in [0, 0.05) is 18.7 Å². The van der Waals surface area contributed by atoms with Gasteiger partial charge in [-0.2, -0.15) is 5.10 Å². The monoisotopic (exact) mass is 358 g/mol. The van der Waals surface area contributed by atoms with Crippen molar-refractivity contribution in [3.05, 3.63) is 40.8 Å². The first-order valence-corrected chi connectivity index (χ1v) is 7.90. The molecule has 0 aliphatic heterocycles. The van der Waals surface area contributed by atoms with Crippen molar-refractivity contribution < 1.29 is 18.8 Å². The van der Waals surface area contributed by atoms with Crippen LogP contribution in [0.1, 0.15) is 21.6 Å². The molecule has 0 aliphatic rings. The molecule has 2 aromatic heterocycles. The molecule has 0 saturated carbocycles. The third kappa shape index (κ3) is 2.78. The maximum absolute atomic E-state index is 14.5. The highest BCUT2D eigenvalue weighted by molar-refractivity contribution is 6.05. The molecule has 1 aromatic carbocycles. The molecular formula is C18H19FN4O3. The number of nitrogens with one attached hydrogen (secondary N) is 1. The number of ether oxygens (including phenoxy) is 1. The van der Waals surface area contributed by atoms with Crippen molar-refractivity contribution in [1.29, 1.82) is 0 Å². The Kier molecular flexibility index (Phi) is 4.60. The SMILES string of the molecule is COc1ccc(-c2nc3n[nH]c(C(=O)N(C)OC)c3c(C)c2C)c(F)c1. The molecule has 136 valence electrons. The van der Waals surface area contributed by atoms with Crippen molar-refractivity contribution in [3.8, 4) is 17.0 Å². The van der Waals surface area contributed by atoms with E-state index in [1.165, 1.54) is 27.3 Å². The molecule has 0 spiro atoms. The van der Waals surface area contributed by atoms with Crippen LogP contribution in [-0.4, -0.2) is 47.4 Å². The van der Waals surface area contributed by atoms with Gasteiger partial charge >= 0.3 is 0 Å². The molecule has 0 radical (unpaired) electrons. The molecule has 3 aromatic rings. The molecular weight excluding hydrogens is 339 g/mol. The van der Waals surface area contributed by atoms with Crippen LogP contribution in [0.4, 0.5) is 4.39 Å². The number of rotatable bonds is 4. The summed E-state index contributed by atoms with van der Waals surface area (Å²) in [5, 5.41) is 8.52. The van der Waals surface area contributed by atoms with Gasteiger partial charge in [-0.25, -0.2) is 14.4 Å². The lowest BCUT2D eigenvalue weighted by Crippen LogP contribution is -2.26. The summed E-state index contributed by atoms with van der Waals surface area (Å²) in [4.78, 5) is 21.8. The van der Waals surface area contributed by atoms with Gasteiger partial charge in [0.2, 0.25) is 0 Å². The van der Waals surface area contributed by atoms with Gasteiger partial charge in [0.25, 0.3) is 5.91 Å². The molecule has 3 rings (SSSR count). The summed E-state index contributed by atoms with van der Waals surface area (Å²) in [6.45, 7) is 3.69. The van der Waals surface area contributed by atoms with E-state index in [9.17, 15) is 9.18 Å². The van der Waals surface area contributed by atoms with Crippen LogP contribution in [0.25, 0.3) is 22.3 Å². The molecule has 1 N–H and O–H groups in total. The number of benzene rings is 1. The Morgan fingerprint density at radius 1 is 1.23 bits per heavy atom. The predicted octanol–water partition coefficient (Wildman–Crippen LogP) is 3.02. The van der Waals surface area contributed by atoms with Gasteiger partial charge in [-0.05, 0) is 37.1 Å². The fourth-order valence-electron chi connectivity index (χ4n) is 2.80. The van der Waals surface area contributed by atoms with Gasteiger partial charge in [-0.1, -0.05) is 0 Å². The van der Waals surface area contributed by atoms with Crippen molar-refractivity contribution in [2.24, 2.45) is 0 Å². The van der Waals surface area contributed by atoms with Crippen LogP contribution < -0.4 is 4.74 Å². The number of nitrogens with zero attached hydrogens (tertiary/aromatic N) is 3. The number of aryl methyl sites for hydroxylation is 1. The normalized spacial score (nSPS) is 11.0. The van der Waals surface area contributed by atoms with Gasteiger partial charge in [0.15, 0.2) is 5.65 Å². The van der Waals surface area contributed by atoms with Gasteiger partial charge in [-0.15, -0.1) is 0 Å². The topological polar surface area (TPSA) is 80.3 Å². The second kappa shape index (κ2) is 6.72. The fourth-order valence-corrected chi connectivity index (χ4v) is 2.80. The molecule has 0 aliphatic carbocycles. The Bertz CT molecular complexity index is 1000. The number of amides is 1. The zero-order valence-electron chi connectivity index (χ0n) is 15.2. The average Bonchev–Trinajstić information content (AvgIpc) is 3.07. The number of carbonyl (C=O) groups is 1. The van der Waals surface area contributed by atoms with Crippen molar-refractivity contribution >= 4 is 16.9 Å². The molecule has 8 heteroatoms. The second-order valence-corrected chi connectivity index (χ2v) is 5.84. The molecule has 1 amide bonds. The highest BCUT2D eigenvalue weighted by Gasteiger charge is 2.23. The minimum atomic E-state index is -0.440. The molecule has 26 heavy (non-hydrogen) atoms. The first kappa shape index (κ1) is 17.8. The van der Waals surface area contributed by atoms with Crippen LogP contribution in [0.3, 0.4) is 0 Å². The minimum Gasteiger partial charge on any atom is -0.497 e. The summed E-state index contributed by atoms with van der Waals surface area (Å²) in [5.41, 5.74) is 2.99. The zero-order chi connectivity index (χ0) is 19.0. The number of hydroxylamine groups is 2. The minimum absolute atomic E-state index is 0.277. The summed E-state index contributed by atoms with van der Waals surface area (Å²) in [5.74, 6) is -0.385. The predicted molar refractivity (Wildman–Crippen MR) is 94.4 cm³/mol. The Labute approximate surface area is 149 Å². The molecule has 0 bridgehead atoms. The van der Waals surface area contributed by atoms with E-state index in [4.69, 9.17) is 9.57 Å². The van der Waals surface area contributed by atoms with Crippen LogP contribution in [0.5, 0.6) is 5.75 Å². The fraction of sp³-hybridized carbons (Fsp3) is 0.278. The first-order valence-electron chi connectivity index (χ1n) is 7.90. The zero-order valence-corrected chi connectivity index (χ0v) is 15.2. The van der Waals surface area contributed by atoms with Crippen LogP contribution in [0.2, 0.25) is 0 Å². The lowest BCUT2D eigenvalue weighted by molar-refractivity contribution is -0.0759. The Morgan fingerprint density at radius 3 is 2.58 bits per heavy atom. The number of carbonyl (C=O) groups excluding carboxylic acids is 1. The third-order valence-electron chi connectivity index (χ3n) is 4.46. The van der Waals surface area contributed by atoms with Gasteiger partial charge in [0.05, 0.1) is 25.3 Å². The van der Waals surface area contributed by atoms with E-state index in [1.54, 1.807) is 12.1 Å². The van der Waals surface area contributed by atoms with E-state index in [0.29, 0.717) is 28.0 Å². The van der Waals surface area contributed by atoms with Gasteiger partial charge in [-0.3, -0.25) is 14.7 Å². The summed E-state index contributed by atoms with van der Waals surface area (Å²) in [6, 6.07) is 4.60. The molecule has 0 fully saturated rings. The number of aromatic nitrogens is 3. The van der Waals surface area contributed by atoms with Crippen molar-refractivity contribution in [2.45, 2.75) is 13.8 Å². The van der Waals surface area contributed by atoms with Crippen LogP contribution in [-0.2, 0) is 4.84 Å². The number of methoxy groups -OCH3 is 1. The Morgan fingerprint density at radius 2 is 1.96 bits per heavy atom. The number of fused-ring (bicyclic) bond motifs is 1. The van der Waals surface area contributed by atoms with Crippen LogP contribution in [0.15, 0.2) is 18.2 Å². The van der Waals surface area contributed by atoms with E-state index in [1.807, 2.05) is 13.8 Å². The molecule has 0 saturated heterocycles. The maximum Gasteiger partial charge on any atom is 0.295 e. The summed E-state index contributed by atoms with van der Waals surface area (Å²) >= 11 is 0. The van der Waals surface area contributed by atoms with Gasteiger partial charge < -0.3 is 4.74 Å². The third-order valence-corrected chi connectivity index (χ3v) is 4.46. The van der Waals surface area contributed by atoms with Gasteiger partial charge in [0.1, 0.15) is 17.3 Å². The highest BCUT2D eigenvalue weighted by Crippen LogP contribution is 2.32. The number of aromatic amines is 1. The largest absolute Gasteiger partial charge is 0.497 e. The van der Waals surface area contributed by atoms with E-state index in [2.05, 4.69) is 15.2 Å². The molecule has 0 atom stereocenters. The molecule has 0 unspecified atom stereocenters. The molecule has 2 heterocycles. The van der Waals surface area contributed by atoms with E-state index >= 15 is 0 Å². The molecule has 7 nitrogen and oxygen atoms in total. The number of hydrogen-bond acceptors (Lipinski definition) is 5. The van der Waals surface area contributed by atoms with Crippen LogP contribution >= 0.6 is 0 Å². The van der Waals surface area contributed by atoms with E-state index in [0.717, 1.165) is 16.2 Å². The Balaban J connectivity index is 2.20. The average molecular weight is 358 g/mol. The quantitative estimate of drug-likeness (QED) is 0.725. The standard InChI is InChI=1S/C18H19FN4O3/c1-9-10(2)15(12-7-6-11(25-4)8-13(12)19)20-17-14(9)16(21-22-17)18(24)23(3)26-5/h6-8H,1-5H3,(H,20,21,22). The summed E-state index contributed by atoms with van der Waals surface area (Å²) in [7, 11) is 4.39. The second-order valence-electron chi connectivity index (χ2n) is 5.84. The number of halogens is 1. The highest BCUT2D eigenvalue weighted by atomic mass is 19.1. The Hall–Kier alpha value is -3.00. The number of H-pyrrole nitrogens is 1. The van der Waals surface area contributed by atoms with Crippen molar-refractivity contribution in [2.75, 3.05) is 21.3 Å². The summed E-state index contributed by atoms with van der Waals surface area (Å²) in [6.07, 6.45) is 0.